The van der Waals surface area contributed by atoms with Crippen molar-refractivity contribution in [2.45, 2.75) is 5.01 Å². The fourth-order valence-corrected chi connectivity index (χ4v) is 1.31. The number of hydrogen-bond donors (Lipinski definition) is 2. The first-order chi connectivity index (χ1) is 9.77. The molecule has 7 nitrogen and oxygen atoms in total. The van der Waals surface area contributed by atoms with Gasteiger partial charge < -0.3 is 33.9 Å². The lowest BCUT2D eigenvalue weighted by Crippen LogP contribution is -2.14. The first-order valence-electron chi connectivity index (χ1n) is 6.59. The van der Waals surface area contributed by atoms with Gasteiger partial charge in [0.15, 0.2) is 0 Å². The molecule has 0 aromatic rings. The summed E-state index contributed by atoms with van der Waals surface area (Å²) in [7, 11) is 0. The number of hydrogen-bond acceptors (Lipinski definition) is 7. The van der Waals surface area contributed by atoms with E-state index in [1.54, 1.807) is 0 Å². The Morgan fingerprint density at radius 3 is 1.35 bits per heavy atom. The zero-order chi connectivity index (χ0) is 14.9. The molecule has 0 aliphatic carbocycles. The number of alkyl halides is 1. The van der Waals surface area contributed by atoms with Gasteiger partial charge in [0.05, 0.1) is 72.7 Å². The van der Waals surface area contributed by atoms with Gasteiger partial charge in [-0.2, -0.15) is 0 Å². The summed E-state index contributed by atoms with van der Waals surface area (Å²) in [6.07, 6.45) is 0. The van der Waals surface area contributed by atoms with Crippen molar-refractivity contribution in [1.29, 1.82) is 0 Å². The third-order valence-corrected chi connectivity index (χ3v) is 2.24. The van der Waals surface area contributed by atoms with Crippen LogP contribution in [0.4, 0.5) is 0 Å². The average Bonchev–Trinajstić information content (AvgIpc) is 2.43. The van der Waals surface area contributed by atoms with E-state index in [4.69, 9.17) is 33.9 Å². The topological polar surface area (TPSA) is 86.6 Å². The van der Waals surface area contributed by atoms with Gasteiger partial charge in [0.1, 0.15) is 5.01 Å². The van der Waals surface area contributed by atoms with Crippen molar-refractivity contribution in [1.82, 2.24) is 0 Å². The van der Waals surface area contributed by atoms with E-state index < -0.39 is 5.01 Å². The van der Waals surface area contributed by atoms with Gasteiger partial charge in [-0.25, -0.2) is 0 Å². The molecule has 0 amide bonds. The van der Waals surface area contributed by atoms with Crippen LogP contribution in [0.3, 0.4) is 0 Å². The van der Waals surface area contributed by atoms with Crippen LogP contribution in [0.2, 0.25) is 0 Å². The first kappa shape index (κ1) is 20.2. The van der Waals surface area contributed by atoms with E-state index in [-0.39, 0.29) is 13.2 Å². The van der Waals surface area contributed by atoms with Crippen LogP contribution in [0.1, 0.15) is 0 Å². The fraction of sp³-hybridized carbons (Fsp3) is 1.00. The van der Waals surface area contributed by atoms with Crippen LogP contribution in [0.15, 0.2) is 0 Å². The minimum absolute atomic E-state index is 0.0326. The van der Waals surface area contributed by atoms with Crippen molar-refractivity contribution >= 4 is 15.9 Å². The molecule has 0 saturated carbocycles. The van der Waals surface area contributed by atoms with Crippen LogP contribution in [-0.4, -0.2) is 87.9 Å². The van der Waals surface area contributed by atoms with Crippen molar-refractivity contribution in [2.24, 2.45) is 0 Å². The lowest BCUT2D eigenvalue weighted by molar-refractivity contribution is -0.0161. The standard InChI is InChI=1S/C12H25BrO7/c13-12(15)11-20-10-9-19-8-7-18-6-5-17-4-3-16-2-1-14/h12,14-15H,1-11H2. The van der Waals surface area contributed by atoms with Crippen LogP contribution in [0.25, 0.3) is 0 Å². The maximum atomic E-state index is 8.86. The second kappa shape index (κ2) is 17.3. The molecule has 122 valence electrons. The maximum absolute atomic E-state index is 8.86. The predicted octanol–water partition coefficient (Wildman–Crippen LogP) is -0.225. The number of ether oxygens (including phenoxy) is 5. The fourth-order valence-electron chi connectivity index (χ4n) is 1.12. The Kier molecular flexibility index (Phi) is 17.4. The summed E-state index contributed by atoms with van der Waals surface area (Å²) >= 11 is 2.95. The highest BCUT2D eigenvalue weighted by molar-refractivity contribution is 9.09. The van der Waals surface area contributed by atoms with Gasteiger partial charge in [-0.05, 0) is 0 Å². The lowest BCUT2D eigenvalue weighted by atomic mass is 10.7. The Morgan fingerprint density at radius 1 is 0.650 bits per heavy atom. The molecule has 0 aromatic heterocycles. The highest BCUT2D eigenvalue weighted by Crippen LogP contribution is 1.93. The summed E-state index contributed by atoms with van der Waals surface area (Å²) in [6, 6.07) is 0. The average molecular weight is 361 g/mol. The molecule has 0 bridgehead atoms. The SMILES string of the molecule is OCCOCCOCCOCCOCCOCC(O)Br. The molecular weight excluding hydrogens is 336 g/mol. The van der Waals surface area contributed by atoms with Crippen LogP contribution in [0, 0.1) is 0 Å². The maximum Gasteiger partial charge on any atom is 0.132 e. The normalized spacial score (nSPS) is 12.8. The number of aliphatic hydroxyl groups excluding tert-OH is 2. The van der Waals surface area contributed by atoms with E-state index in [1.807, 2.05) is 0 Å². The highest BCUT2D eigenvalue weighted by Gasteiger charge is 1.96. The Labute approximate surface area is 128 Å². The van der Waals surface area contributed by atoms with Gasteiger partial charge in [0.2, 0.25) is 0 Å². The van der Waals surface area contributed by atoms with E-state index in [1.165, 1.54) is 0 Å². The molecule has 1 unspecified atom stereocenters. The van der Waals surface area contributed by atoms with Crippen molar-refractivity contribution in [3.63, 3.8) is 0 Å². The van der Waals surface area contributed by atoms with Crippen molar-refractivity contribution < 1.29 is 33.9 Å². The number of aliphatic hydroxyl groups is 2. The second-order valence-electron chi connectivity index (χ2n) is 3.68. The molecule has 20 heavy (non-hydrogen) atoms. The van der Waals surface area contributed by atoms with Gasteiger partial charge in [-0.15, -0.1) is 0 Å². The molecule has 1 atom stereocenters. The van der Waals surface area contributed by atoms with Gasteiger partial charge in [0, 0.05) is 0 Å². The monoisotopic (exact) mass is 360 g/mol. The molecule has 0 spiro atoms. The van der Waals surface area contributed by atoms with Crippen molar-refractivity contribution in [3.05, 3.63) is 0 Å². The summed E-state index contributed by atoms with van der Waals surface area (Å²) in [5.41, 5.74) is 0. The van der Waals surface area contributed by atoms with Gasteiger partial charge in [-0.3, -0.25) is 0 Å². The van der Waals surface area contributed by atoms with Crippen LogP contribution >= 0.6 is 15.9 Å². The summed E-state index contributed by atoms with van der Waals surface area (Å²) < 4.78 is 25.9. The first-order valence-corrected chi connectivity index (χ1v) is 7.50. The van der Waals surface area contributed by atoms with E-state index in [0.29, 0.717) is 59.5 Å². The van der Waals surface area contributed by atoms with Crippen LogP contribution in [0.5, 0.6) is 0 Å². The van der Waals surface area contributed by atoms with Crippen molar-refractivity contribution in [2.75, 3.05) is 72.7 Å². The minimum atomic E-state index is -0.625. The van der Waals surface area contributed by atoms with Gasteiger partial charge >= 0.3 is 0 Å². The third-order valence-electron chi connectivity index (χ3n) is 1.98. The number of rotatable bonds is 16. The van der Waals surface area contributed by atoms with Crippen LogP contribution < -0.4 is 0 Å². The summed E-state index contributed by atoms with van der Waals surface area (Å²) in [5, 5.41) is 16.7. The van der Waals surface area contributed by atoms with Gasteiger partial charge in [-0.1, -0.05) is 15.9 Å². The van der Waals surface area contributed by atoms with Crippen LogP contribution in [-0.2, 0) is 23.7 Å². The molecule has 8 heteroatoms. The molecule has 0 aliphatic rings. The molecule has 0 rings (SSSR count). The molecule has 0 radical (unpaired) electrons. The van der Waals surface area contributed by atoms with E-state index >= 15 is 0 Å². The van der Waals surface area contributed by atoms with E-state index in [0.717, 1.165) is 0 Å². The Balaban J connectivity index is 2.92. The molecule has 0 fully saturated rings. The zero-order valence-electron chi connectivity index (χ0n) is 11.7. The predicted molar refractivity (Wildman–Crippen MR) is 76.1 cm³/mol. The van der Waals surface area contributed by atoms with E-state index in [2.05, 4.69) is 15.9 Å². The smallest absolute Gasteiger partial charge is 0.132 e. The third kappa shape index (κ3) is 18.2. The lowest BCUT2D eigenvalue weighted by Gasteiger charge is -2.08. The highest BCUT2D eigenvalue weighted by atomic mass is 79.9. The van der Waals surface area contributed by atoms with Crippen molar-refractivity contribution in [3.8, 4) is 0 Å². The summed E-state index contributed by atoms with van der Waals surface area (Å²) in [6.45, 7) is 4.54. The Morgan fingerprint density at radius 2 is 1.00 bits per heavy atom. The largest absolute Gasteiger partial charge is 0.394 e. The number of halogens is 1. The summed E-state index contributed by atoms with van der Waals surface area (Å²) in [5.74, 6) is 0. The quantitative estimate of drug-likeness (QED) is 0.290. The second-order valence-corrected chi connectivity index (χ2v) is 4.74. The van der Waals surface area contributed by atoms with E-state index in [9.17, 15) is 0 Å². The Bertz CT molecular complexity index is 183. The van der Waals surface area contributed by atoms with Gasteiger partial charge in [0.25, 0.3) is 0 Å². The Hall–Kier alpha value is 0.200. The minimum Gasteiger partial charge on any atom is -0.394 e. The molecule has 0 aromatic carbocycles. The molecule has 0 aliphatic heterocycles. The zero-order valence-corrected chi connectivity index (χ0v) is 13.3. The summed E-state index contributed by atoms with van der Waals surface area (Å²) in [4.78, 5) is 0. The molecule has 0 saturated heterocycles. The molecule has 0 heterocycles. The molecular formula is C12H25BrO7. The molecule has 2 N–H and O–H groups in total.